The van der Waals surface area contributed by atoms with E-state index in [2.05, 4.69) is 4.99 Å². The summed E-state index contributed by atoms with van der Waals surface area (Å²) in [6.07, 6.45) is 6.18. The molecule has 0 aromatic rings. The maximum absolute atomic E-state index is 12.9. The number of hydrogen-bond donors (Lipinski definition) is 0. The summed E-state index contributed by atoms with van der Waals surface area (Å²) < 4.78 is 25.8. The molecule has 0 aliphatic heterocycles. The van der Waals surface area contributed by atoms with Gasteiger partial charge in [-0.25, -0.2) is 13.6 Å². The summed E-state index contributed by atoms with van der Waals surface area (Å²) in [7, 11) is 0. The van der Waals surface area contributed by atoms with Gasteiger partial charge in [-0.05, 0) is 18.8 Å². The first kappa shape index (κ1) is 10.7. The fourth-order valence-corrected chi connectivity index (χ4v) is 3.03. The summed E-state index contributed by atoms with van der Waals surface area (Å²) in [6.45, 7) is 0. The normalized spacial score (nSPS) is 28.9. The van der Waals surface area contributed by atoms with Crippen molar-refractivity contribution < 1.29 is 13.6 Å². The number of halogens is 2. The Kier molecular flexibility index (Phi) is 2.63. The lowest BCUT2D eigenvalue weighted by molar-refractivity contribution is -0.141. The van der Waals surface area contributed by atoms with Gasteiger partial charge in [0.1, 0.15) is 0 Å². The molecule has 84 valence electrons. The van der Waals surface area contributed by atoms with Crippen LogP contribution in [0, 0.1) is 5.92 Å². The molecule has 0 aromatic heterocycles. The Hall–Kier alpha value is -0.760. The van der Waals surface area contributed by atoms with Gasteiger partial charge in [-0.15, -0.1) is 0 Å². The van der Waals surface area contributed by atoms with Crippen LogP contribution in [0.3, 0.4) is 0 Å². The number of aliphatic imine (C=N–C) groups is 1. The fourth-order valence-electron chi connectivity index (χ4n) is 3.03. The molecule has 0 heterocycles. The minimum atomic E-state index is -2.61. The first-order chi connectivity index (χ1) is 7.08. The number of alkyl halides is 2. The molecule has 0 atom stereocenters. The predicted octanol–water partition coefficient (Wildman–Crippen LogP) is 3.07. The molecule has 0 spiro atoms. The third kappa shape index (κ3) is 1.96. The molecule has 0 bridgehead atoms. The van der Waals surface area contributed by atoms with Gasteiger partial charge in [0.15, 0.2) is 0 Å². The monoisotopic (exact) mass is 215 g/mol. The standard InChI is InChI=1S/C11H15F2NO/c12-11(13)6-10(7-11,14-8-15)9-4-2-1-3-5-9/h9H,1-7H2. The van der Waals surface area contributed by atoms with Crippen molar-refractivity contribution in [3.05, 3.63) is 0 Å². The molecular formula is C11H15F2NO. The van der Waals surface area contributed by atoms with Gasteiger partial charge in [0.25, 0.3) is 5.92 Å². The van der Waals surface area contributed by atoms with Gasteiger partial charge in [0.2, 0.25) is 6.08 Å². The van der Waals surface area contributed by atoms with E-state index in [1.165, 1.54) is 12.5 Å². The molecule has 4 heteroatoms. The largest absolute Gasteiger partial charge is 0.252 e. The molecule has 0 N–H and O–H groups in total. The molecule has 0 saturated heterocycles. The minimum absolute atomic E-state index is 0.173. The van der Waals surface area contributed by atoms with Crippen molar-refractivity contribution in [2.45, 2.75) is 56.4 Å². The maximum atomic E-state index is 12.9. The smallest absolute Gasteiger partial charge is 0.211 e. The Morgan fingerprint density at radius 1 is 1.13 bits per heavy atom. The van der Waals surface area contributed by atoms with Crippen LogP contribution in [0.5, 0.6) is 0 Å². The van der Waals surface area contributed by atoms with Gasteiger partial charge in [-0.2, -0.15) is 4.99 Å². The topological polar surface area (TPSA) is 29.4 Å². The maximum Gasteiger partial charge on any atom is 0.252 e. The van der Waals surface area contributed by atoms with Crippen LogP contribution in [-0.4, -0.2) is 17.5 Å². The van der Waals surface area contributed by atoms with E-state index in [1.807, 2.05) is 0 Å². The fraction of sp³-hybridized carbons (Fsp3) is 0.909. The lowest BCUT2D eigenvalue weighted by atomic mass is 9.62. The van der Waals surface area contributed by atoms with Gasteiger partial charge in [0.05, 0.1) is 5.54 Å². The van der Waals surface area contributed by atoms with Crippen molar-refractivity contribution in [2.24, 2.45) is 10.9 Å². The third-order valence-electron chi connectivity index (χ3n) is 3.76. The SMILES string of the molecule is O=C=NC1(C2CCCCC2)CC(F)(F)C1. The van der Waals surface area contributed by atoms with Crippen molar-refractivity contribution in [1.82, 2.24) is 0 Å². The highest BCUT2D eigenvalue weighted by atomic mass is 19.3. The van der Waals surface area contributed by atoms with Crippen molar-refractivity contribution in [2.75, 3.05) is 0 Å². The van der Waals surface area contributed by atoms with Crippen LogP contribution >= 0.6 is 0 Å². The molecule has 2 aliphatic carbocycles. The van der Waals surface area contributed by atoms with Crippen LogP contribution in [-0.2, 0) is 4.79 Å². The average Bonchev–Trinajstić information content (AvgIpc) is 2.16. The minimum Gasteiger partial charge on any atom is -0.211 e. The van der Waals surface area contributed by atoms with Crippen LogP contribution < -0.4 is 0 Å². The first-order valence-electron chi connectivity index (χ1n) is 5.55. The van der Waals surface area contributed by atoms with Crippen molar-refractivity contribution in [1.29, 1.82) is 0 Å². The zero-order valence-electron chi connectivity index (χ0n) is 8.64. The van der Waals surface area contributed by atoms with Gasteiger partial charge >= 0.3 is 0 Å². The zero-order chi connectivity index (χ0) is 10.9. The number of carbonyl (C=O) groups excluding carboxylic acids is 1. The Balaban J connectivity index is 2.10. The van der Waals surface area contributed by atoms with Gasteiger partial charge in [-0.1, -0.05) is 19.3 Å². The number of rotatable bonds is 2. The highest BCUT2D eigenvalue weighted by Gasteiger charge is 2.60. The van der Waals surface area contributed by atoms with E-state index in [1.54, 1.807) is 0 Å². The molecule has 15 heavy (non-hydrogen) atoms. The van der Waals surface area contributed by atoms with Crippen molar-refractivity contribution in [3.8, 4) is 0 Å². The Morgan fingerprint density at radius 2 is 1.73 bits per heavy atom. The van der Waals surface area contributed by atoms with Crippen molar-refractivity contribution in [3.63, 3.8) is 0 Å². The van der Waals surface area contributed by atoms with E-state index < -0.39 is 11.5 Å². The van der Waals surface area contributed by atoms with Crippen LogP contribution in [0.4, 0.5) is 8.78 Å². The lowest BCUT2D eigenvalue weighted by Gasteiger charge is -2.49. The van der Waals surface area contributed by atoms with E-state index in [-0.39, 0.29) is 18.8 Å². The lowest BCUT2D eigenvalue weighted by Crippen LogP contribution is -2.55. The number of nitrogens with zero attached hydrogens (tertiary/aromatic N) is 1. The number of isocyanates is 1. The van der Waals surface area contributed by atoms with Crippen LogP contribution in [0.15, 0.2) is 4.99 Å². The Labute approximate surface area is 87.8 Å². The van der Waals surface area contributed by atoms with Crippen molar-refractivity contribution >= 4 is 6.08 Å². The van der Waals surface area contributed by atoms with E-state index >= 15 is 0 Å². The molecule has 2 rings (SSSR count). The molecule has 0 unspecified atom stereocenters. The second-order valence-electron chi connectivity index (χ2n) is 4.85. The second-order valence-corrected chi connectivity index (χ2v) is 4.85. The summed E-state index contributed by atoms with van der Waals surface area (Å²) in [6, 6.07) is 0. The third-order valence-corrected chi connectivity index (χ3v) is 3.76. The van der Waals surface area contributed by atoms with Gasteiger partial charge in [0, 0.05) is 12.8 Å². The van der Waals surface area contributed by atoms with E-state index in [0.29, 0.717) is 0 Å². The molecule has 2 fully saturated rings. The second kappa shape index (κ2) is 3.67. The molecule has 0 radical (unpaired) electrons. The van der Waals surface area contributed by atoms with Gasteiger partial charge < -0.3 is 0 Å². The molecule has 0 amide bonds. The summed E-state index contributed by atoms with van der Waals surface area (Å²) >= 11 is 0. The summed E-state index contributed by atoms with van der Waals surface area (Å²) in [4.78, 5) is 14.0. The van der Waals surface area contributed by atoms with Crippen LogP contribution in [0.2, 0.25) is 0 Å². The molecular weight excluding hydrogens is 200 g/mol. The first-order valence-corrected chi connectivity index (χ1v) is 5.55. The quantitative estimate of drug-likeness (QED) is 0.514. The molecule has 2 nitrogen and oxygen atoms in total. The van der Waals surface area contributed by atoms with E-state index in [9.17, 15) is 13.6 Å². The summed E-state index contributed by atoms with van der Waals surface area (Å²) in [5, 5.41) is 0. The molecule has 2 saturated carbocycles. The molecule has 0 aromatic carbocycles. The van der Waals surface area contributed by atoms with Gasteiger partial charge in [-0.3, -0.25) is 0 Å². The van der Waals surface area contributed by atoms with E-state index in [4.69, 9.17) is 0 Å². The van der Waals surface area contributed by atoms with Crippen LogP contribution in [0.1, 0.15) is 44.9 Å². The Bertz CT molecular complexity index is 283. The number of hydrogen-bond acceptors (Lipinski definition) is 2. The van der Waals surface area contributed by atoms with E-state index in [0.717, 1.165) is 25.7 Å². The highest BCUT2D eigenvalue weighted by Crippen LogP contribution is 2.54. The summed E-state index contributed by atoms with van der Waals surface area (Å²) in [5.74, 6) is -2.44. The average molecular weight is 215 g/mol. The Morgan fingerprint density at radius 3 is 2.20 bits per heavy atom. The molecule has 2 aliphatic rings. The predicted molar refractivity (Wildman–Crippen MR) is 51.6 cm³/mol. The van der Waals surface area contributed by atoms with Crippen LogP contribution in [0.25, 0.3) is 0 Å². The highest BCUT2D eigenvalue weighted by molar-refractivity contribution is 5.36. The summed E-state index contributed by atoms with van der Waals surface area (Å²) in [5.41, 5.74) is -0.772. The zero-order valence-corrected chi connectivity index (χ0v) is 8.64.